The number of ether oxygens (including phenoxy) is 1. The van der Waals surface area contributed by atoms with Crippen LogP contribution in [0, 0.1) is 10.1 Å². The minimum atomic E-state index is -0.779. The van der Waals surface area contributed by atoms with Crippen molar-refractivity contribution in [1.29, 1.82) is 0 Å². The fourth-order valence-electron chi connectivity index (χ4n) is 2.63. The molecular formula is C16H21N3O5. The van der Waals surface area contributed by atoms with E-state index in [0.29, 0.717) is 13.1 Å². The lowest BCUT2D eigenvalue weighted by atomic mass is 10.1. The Bertz CT molecular complexity index is 624. The number of esters is 1. The molecule has 0 aromatic heterocycles. The lowest BCUT2D eigenvalue weighted by Crippen LogP contribution is -2.36. The van der Waals surface area contributed by atoms with Crippen molar-refractivity contribution < 1.29 is 19.2 Å². The van der Waals surface area contributed by atoms with Crippen molar-refractivity contribution in [1.82, 2.24) is 4.90 Å². The van der Waals surface area contributed by atoms with E-state index in [9.17, 15) is 19.7 Å². The van der Waals surface area contributed by atoms with Crippen molar-refractivity contribution in [3.05, 3.63) is 33.9 Å². The number of benzene rings is 1. The second-order valence-electron chi connectivity index (χ2n) is 5.76. The highest BCUT2D eigenvalue weighted by Gasteiger charge is 2.19. The first-order chi connectivity index (χ1) is 11.5. The highest BCUT2D eigenvalue weighted by Crippen LogP contribution is 2.22. The second kappa shape index (κ2) is 8.28. The predicted molar refractivity (Wildman–Crippen MR) is 87.5 cm³/mol. The number of hydrogen-bond acceptors (Lipinski definition) is 6. The fraction of sp³-hybridized carbons (Fsp3) is 0.500. The van der Waals surface area contributed by atoms with Crippen LogP contribution >= 0.6 is 0 Å². The maximum absolute atomic E-state index is 12.1. The number of nitrogen functional groups attached to an aromatic ring is 1. The van der Waals surface area contributed by atoms with Crippen LogP contribution in [0.1, 0.15) is 42.5 Å². The van der Waals surface area contributed by atoms with Crippen molar-refractivity contribution in [3.63, 3.8) is 0 Å². The number of nitrogens with two attached hydrogens (primary N) is 1. The summed E-state index contributed by atoms with van der Waals surface area (Å²) >= 11 is 0. The zero-order valence-corrected chi connectivity index (χ0v) is 13.4. The fourth-order valence-corrected chi connectivity index (χ4v) is 2.63. The SMILES string of the molecule is Nc1ccc(C(=O)OCC(=O)N2CCCCCCC2)cc1[N+](=O)[O-]. The molecule has 1 aromatic rings. The topological polar surface area (TPSA) is 116 Å². The first kappa shape index (κ1) is 17.7. The number of carbonyl (C=O) groups excluding carboxylic acids is 2. The second-order valence-corrected chi connectivity index (χ2v) is 5.76. The van der Waals surface area contributed by atoms with Crippen molar-refractivity contribution >= 4 is 23.3 Å². The van der Waals surface area contributed by atoms with E-state index in [4.69, 9.17) is 10.5 Å². The van der Waals surface area contributed by atoms with Gasteiger partial charge in [-0.3, -0.25) is 14.9 Å². The van der Waals surface area contributed by atoms with Gasteiger partial charge in [-0.25, -0.2) is 4.79 Å². The van der Waals surface area contributed by atoms with E-state index in [1.807, 2.05) is 0 Å². The van der Waals surface area contributed by atoms with Gasteiger partial charge < -0.3 is 15.4 Å². The number of rotatable bonds is 4. The minimum absolute atomic E-state index is 0.00336. The molecule has 8 nitrogen and oxygen atoms in total. The summed E-state index contributed by atoms with van der Waals surface area (Å²) in [7, 11) is 0. The normalized spacial score (nSPS) is 15.2. The molecule has 1 aliphatic heterocycles. The van der Waals surface area contributed by atoms with Gasteiger partial charge in [0.05, 0.1) is 10.5 Å². The first-order valence-corrected chi connectivity index (χ1v) is 7.98. The summed E-state index contributed by atoms with van der Waals surface area (Å²) in [4.78, 5) is 36.0. The number of hydrogen-bond donors (Lipinski definition) is 1. The molecule has 0 atom stereocenters. The maximum Gasteiger partial charge on any atom is 0.338 e. The van der Waals surface area contributed by atoms with Crippen LogP contribution in [-0.2, 0) is 9.53 Å². The average molecular weight is 335 g/mol. The summed E-state index contributed by atoms with van der Waals surface area (Å²) in [5, 5.41) is 10.8. The zero-order chi connectivity index (χ0) is 17.5. The monoisotopic (exact) mass is 335 g/mol. The van der Waals surface area contributed by atoms with Gasteiger partial charge in [0.15, 0.2) is 6.61 Å². The summed E-state index contributed by atoms with van der Waals surface area (Å²) in [6.45, 7) is 0.977. The van der Waals surface area contributed by atoms with E-state index in [1.54, 1.807) is 4.90 Å². The van der Waals surface area contributed by atoms with Gasteiger partial charge >= 0.3 is 5.97 Å². The summed E-state index contributed by atoms with van der Waals surface area (Å²) < 4.78 is 5.00. The van der Waals surface area contributed by atoms with E-state index >= 15 is 0 Å². The molecule has 1 fully saturated rings. The molecule has 24 heavy (non-hydrogen) atoms. The average Bonchev–Trinajstić information content (AvgIpc) is 2.52. The molecule has 1 heterocycles. The van der Waals surface area contributed by atoms with Crippen molar-refractivity contribution in [3.8, 4) is 0 Å². The number of nitrogens with zero attached hydrogens (tertiary/aromatic N) is 2. The van der Waals surface area contributed by atoms with E-state index < -0.39 is 10.9 Å². The molecule has 130 valence electrons. The van der Waals surface area contributed by atoms with Crippen molar-refractivity contribution in [2.45, 2.75) is 32.1 Å². The largest absolute Gasteiger partial charge is 0.452 e. The minimum Gasteiger partial charge on any atom is -0.452 e. The maximum atomic E-state index is 12.1. The highest BCUT2D eigenvalue weighted by atomic mass is 16.6. The Morgan fingerprint density at radius 1 is 1.17 bits per heavy atom. The number of nitro groups is 1. The zero-order valence-electron chi connectivity index (χ0n) is 13.4. The van der Waals surface area contributed by atoms with Crippen LogP contribution in [0.3, 0.4) is 0 Å². The molecule has 0 unspecified atom stereocenters. The molecule has 1 saturated heterocycles. The predicted octanol–water partition coefficient (Wildman–Crippen LogP) is 2.13. The molecular weight excluding hydrogens is 314 g/mol. The third-order valence-electron chi connectivity index (χ3n) is 4.00. The van der Waals surface area contributed by atoms with Gasteiger partial charge in [-0.1, -0.05) is 19.3 Å². The van der Waals surface area contributed by atoms with E-state index in [-0.39, 0.29) is 29.5 Å². The molecule has 0 bridgehead atoms. The molecule has 0 saturated carbocycles. The number of nitro benzene ring substituents is 1. The van der Waals surface area contributed by atoms with Crippen molar-refractivity contribution in [2.75, 3.05) is 25.4 Å². The lowest BCUT2D eigenvalue weighted by Gasteiger charge is -2.24. The van der Waals surface area contributed by atoms with Crippen LogP contribution in [0.5, 0.6) is 0 Å². The molecule has 8 heteroatoms. The third-order valence-corrected chi connectivity index (χ3v) is 4.00. The van der Waals surface area contributed by atoms with Gasteiger partial charge in [0, 0.05) is 19.2 Å². The summed E-state index contributed by atoms with van der Waals surface area (Å²) in [6, 6.07) is 3.67. The molecule has 2 rings (SSSR count). The molecule has 1 amide bonds. The Balaban J connectivity index is 1.93. The number of likely N-dealkylation sites (tertiary alicyclic amines) is 1. The van der Waals surface area contributed by atoms with Crippen LogP contribution in [0.2, 0.25) is 0 Å². The van der Waals surface area contributed by atoms with E-state index in [0.717, 1.165) is 31.7 Å². The summed E-state index contributed by atoms with van der Waals surface area (Å²) in [5.74, 6) is -1.02. The van der Waals surface area contributed by atoms with Gasteiger partial charge in [-0.15, -0.1) is 0 Å². The Labute approximate surface area is 139 Å². The Hall–Kier alpha value is -2.64. The number of carbonyl (C=O) groups is 2. The third kappa shape index (κ3) is 4.68. The molecule has 1 aromatic carbocycles. The molecule has 1 aliphatic rings. The Morgan fingerprint density at radius 3 is 2.42 bits per heavy atom. The number of anilines is 1. The molecule has 2 N–H and O–H groups in total. The van der Waals surface area contributed by atoms with Crippen LogP contribution < -0.4 is 5.73 Å². The van der Waals surface area contributed by atoms with Crippen LogP contribution in [-0.4, -0.2) is 41.4 Å². The lowest BCUT2D eigenvalue weighted by molar-refractivity contribution is -0.383. The van der Waals surface area contributed by atoms with Crippen LogP contribution in [0.15, 0.2) is 18.2 Å². The Kier molecular flexibility index (Phi) is 6.11. The van der Waals surface area contributed by atoms with Crippen LogP contribution in [0.25, 0.3) is 0 Å². The van der Waals surface area contributed by atoms with Gasteiger partial charge in [-0.2, -0.15) is 0 Å². The van der Waals surface area contributed by atoms with Gasteiger partial charge in [0.2, 0.25) is 0 Å². The van der Waals surface area contributed by atoms with Gasteiger partial charge in [0.1, 0.15) is 5.69 Å². The van der Waals surface area contributed by atoms with Crippen molar-refractivity contribution in [2.24, 2.45) is 0 Å². The molecule has 0 radical (unpaired) electrons. The molecule has 0 aliphatic carbocycles. The van der Waals surface area contributed by atoms with E-state index in [1.165, 1.54) is 18.6 Å². The summed E-state index contributed by atoms with van der Waals surface area (Å²) in [6.07, 6.45) is 5.28. The molecule has 0 spiro atoms. The quantitative estimate of drug-likeness (QED) is 0.390. The highest BCUT2D eigenvalue weighted by molar-refractivity contribution is 5.92. The van der Waals surface area contributed by atoms with Gasteiger partial charge in [0.25, 0.3) is 11.6 Å². The van der Waals surface area contributed by atoms with Gasteiger partial charge in [-0.05, 0) is 25.0 Å². The standard InChI is InChI=1S/C16H21N3O5/c17-13-7-6-12(10-14(13)19(22)23)16(21)24-11-15(20)18-8-4-2-1-3-5-9-18/h6-7,10H,1-5,8-9,11,17H2. The number of amides is 1. The summed E-state index contributed by atoms with van der Waals surface area (Å²) in [5.41, 5.74) is 5.08. The first-order valence-electron chi connectivity index (χ1n) is 7.98. The van der Waals surface area contributed by atoms with Crippen LogP contribution in [0.4, 0.5) is 11.4 Å². The smallest absolute Gasteiger partial charge is 0.338 e. The Morgan fingerprint density at radius 2 is 1.79 bits per heavy atom. The van der Waals surface area contributed by atoms with E-state index in [2.05, 4.69) is 0 Å².